The van der Waals surface area contributed by atoms with E-state index in [2.05, 4.69) is 10.3 Å². The quantitative estimate of drug-likeness (QED) is 0.911. The van der Waals surface area contributed by atoms with Crippen LogP contribution in [0.15, 0.2) is 29.6 Å². The van der Waals surface area contributed by atoms with Crippen molar-refractivity contribution in [1.29, 1.82) is 0 Å². The lowest BCUT2D eigenvalue weighted by Crippen LogP contribution is -2.28. The predicted octanol–water partition coefficient (Wildman–Crippen LogP) is 2.57. The molecular weight excluding hydrogens is 284 g/mol. The van der Waals surface area contributed by atoms with E-state index in [-0.39, 0.29) is 12.5 Å². The lowest BCUT2D eigenvalue weighted by Gasteiger charge is -2.11. The molecule has 0 aliphatic carbocycles. The molecule has 4 nitrogen and oxygen atoms in total. The molecule has 2 aromatic rings. The molecule has 2 N–H and O–H groups in total. The van der Waals surface area contributed by atoms with E-state index in [0.29, 0.717) is 16.3 Å². The van der Waals surface area contributed by atoms with Crippen LogP contribution in [-0.4, -0.2) is 22.5 Å². The van der Waals surface area contributed by atoms with Gasteiger partial charge in [-0.25, -0.2) is 4.98 Å². The molecule has 1 heterocycles. The van der Waals surface area contributed by atoms with Gasteiger partial charge < -0.3 is 10.4 Å². The Morgan fingerprint density at radius 2 is 2.16 bits per heavy atom. The van der Waals surface area contributed by atoms with Crippen LogP contribution in [0.25, 0.3) is 0 Å². The van der Waals surface area contributed by atoms with Gasteiger partial charge in [0.1, 0.15) is 5.69 Å². The number of benzene rings is 1. The van der Waals surface area contributed by atoms with Crippen LogP contribution in [0, 0.1) is 6.92 Å². The number of aromatic nitrogens is 1. The van der Waals surface area contributed by atoms with Gasteiger partial charge in [0, 0.05) is 16.9 Å². The summed E-state index contributed by atoms with van der Waals surface area (Å²) in [6.45, 7) is 1.97. The second-order valence-corrected chi connectivity index (χ2v) is 5.53. The van der Waals surface area contributed by atoms with Gasteiger partial charge in [0.2, 0.25) is 0 Å². The van der Waals surface area contributed by atoms with Crippen molar-refractivity contribution in [1.82, 2.24) is 10.3 Å². The van der Waals surface area contributed by atoms with E-state index in [9.17, 15) is 9.90 Å². The van der Waals surface area contributed by atoms with Crippen molar-refractivity contribution < 1.29 is 9.90 Å². The Morgan fingerprint density at radius 3 is 2.74 bits per heavy atom. The third kappa shape index (κ3) is 3.76. The monoisotopic (exact) mass is 296 g/mol. The van der Waals surface area contributed by atoms with E-state index in [4.69, 9.17) is 11.6 Å². The Bertz CT molecular complexity index is 568. The largest absolute Gasteiger partial charge is 0.387 e. The average molecular weight is 297 g/mol. The maximum absolute atomic E-state index is 11.7. The highest BCUT2D eigenvalue weighted by molar-refractivity contribution is 7.09. The standard InChI is InChI=1S/C13H13ClN2O2S/c1-8-16-11(7-19-8)13(18)15-6-12(17)9-2-4-10(14)5-3-9/h2-5,7,12,17H,6H2,1H3,(H,15,18). The highest BCUT2D eigenvalue weighted by atomic mass is 35.5. The Balaban J connectivity index is 1.91. The Kier molecular flexibility index (Phi) is 4.52. The lowest BCUT2D eigenvalue weighted by atomic mass is 10.1. The van der Waals surface area contributed by atoms with Crippen molar-refractivity contribution in [2.75, 3.05) is 6.54 Å². The number of carbonyl (C=O) groups is 1. The van der Waals surface area contributed by atoms with Gasteiger partial charge in [0.25, 0.3) is 5.91 Å². The SMILES string of the molecule is Cc1nc(C(=O)NCC(O)c2ccc(Cl)cc2)cs1. The summed E-state index contributed by atoms with van der Waals surface area (Å²) < 4.78 is 0. The van der Waals surface area contributed by atoms with Crippen LogP contribution in [0.5, 0.6) is 0 Å². The third-order valence-electron chi connectivity index (χ3n) is 2.56. The molecule has 0 bridgehead atoms. The molecule has 0 spiro atoms. The minimum absolute atomic E-state index is 0.136. The molecule has 6 heteroatoms. The van der Waals surface area contributed by atoms with Crippen LogP contribution in [0.1, 0.15) is 27.2 Å². The first-order valence-corrected chi connectivity index (χ1v) is 6.96. The Morgan fingerprint density at radius 1 is 1.47 bits per heavy atom. The van der Waals surface area contributed by atoms with Crippen molar-refractivity contribution in [2.24, 2.45) is 0 Å². The van der Waals surface area contributed by atoms with Gasteiger partial charge in [-0.3, -0.25) is 4.79 Å². The summed E-state index contributed by atoms with van der Waals surface area (Å²) in [7, 11) is 0. The van der Waals surface area contributed by atoms with Gasteiger partial charge in [0.15, 0.2) is 0 Å². The van der Waals surface area contributed by atoms with Gasteiger partial charge >= 0.3 is 0 Å². The van der Waals surface area contributed by atoms with E-state index < -0.39 is 6.10 Å². The first-order valence-electron chi connectivity index (χ1n) is 5.70. The van der Waals surface area contributed by atoms with Gasteiger partial charge in [-0.2, -0.15) is 0 Å². The first-order chi connectivity index (χ1) is 9.06. The molecule has 1 aromatic heterocycles. The number of nitrogens with zero attached hydrogens (tertiary/aromatic N) is 1. The normalized spacial score (nSPS) is 12.2. The minimum Gasteiger partial charge on any atom is -0.387 e. The number of carbonyl (C=O) groups excluding carboxylic acids is 1. The molecule has 1 unspecified atom stereocenters. The number of amides is 1. The van der Waals surface area contributed by atoms with Crippen LogP contribution in [-0.2, 0) is 0 Å². The van der Waals surface area contributed by atoms with E-state index in [0.717, 1.165) is 5.01 Å². The summed E-state index contributed by atoms with van der Waals surface area (Å²) >= 11 is 7.18. The zero-order chi connectivity index (χ0) is 13.8. The fourth-order valence-corrected chi connectivity index (χ4v) is 2.27. The van der Waals surface area contributed by atoms with Gasteiger partial charge in [-0.1, -0.05) is 23.7 Å². The van der Waals surface area contributed by atoms with Crippen LogP contribution in [0.2, 0.25) is 5.02 Å². The summed E-state index contributed by atoms with van der Waals surface area (Å²) in [5.74, 6) is -0.280. The molecular formula is C13H13ClN2O2S. The van der Waals surface area contributed by atoms with Gasteiger partial charge in [-0.05, 0) is 24.6 Å². The number of halogens is 1. The van der Waals surface area contributed by atoms with Crippen LogP contribution < -0.4 is 5.32 Å². The number of aryl methyl sites for hydroxylation is 1. The molecule has 0 saturated heterocycles. The number of hydrogen-bond donors (Lipinski definition) is 2. The second kappa shape index (κ2) is 6.14. The summed E-state index contributed by atoms with van der Waals surface area (Å²) in [5.41, 5.74) is 1.09. The summed E-state index contributed by atoms with van der Waals surface area (Å²) in [6.07, 6.45) is -0.763. The number of aliphatic hydroxyl groups excluding tert-OH is 1. The Hall–Kier alpha value is -1.43. The highest BCUT2D eigenvalue weighted by Gasteiger charge is 2.12. The van der Waals surface area contributed by atoms with Gasteiger partial charge in [0.05, 0.1) is 11.1 Å². The second-order valence-electron chi connectivity index (χ2n) is 4.03. The number of rotatable bonds is 4. The number of nitrogens with one attached hydrogen (secondary N) is 1. The molecule has 0 aliphatic rings. The maximum atomic E-state index is 11.7. The molecule has 1 amide bonds. The van der Waals surface area contributed by atoms with E-state index in [1.54, 1.807) is 29.6 Å². The fraction of sp³-hybridized carbons (Fsp3) is 0.231. The fourth-order valence-electron chi connectivity index (χ4n) is 1.55. The molecule has 1 aromatic carbocycles. The van der Waals surface area contributed by atoms with Crippen molar-refractivity contribution in [3.63, 3.8) is 0 Å². The van der Waals surface area contributed by atoms with Crippen molar-refractivity contribution in [3.8, 4) is 0 Å². The summed E-state index contributed by atoms with van der Waals surface area (Å²) in [4.78, 5) is 15.8. The van der Waals surface area contributed by atoms with Crippen LogP contribution >= 0.6 is 22.9 Å². The van der Waals surface area contributed by atoms with Crippen molar-refractivity contribution >= 4 is 28.8 Å². The van der Waals surface area contributed by atoms with E-state index in [1.807, 2.05) is 6.92 Å². The number of thiazole rings is 1. The first kappa shape index (κ1) is 14.0. The zero-order valence-corrected chi connectivity index (χ0v) is 11.8. The zero-order valence-electron chi connectivity index (χ0n) is 10.3. The number of aliphatic hydroxyl groups is 1. The molecule has 100 valence electrons. The van der Waals surface area contributed by atoms with Crippen molar-refractivity contribution in [3.05, 3.63) is 50.9 Å². The van der Waals surface area contributed by atoms with Crippen molar-refractivity contribution in [2.45, 2.75) is 13.0 Å². The Labute approximate surface area is 120 Å². The van der Waals surface area contributed by atoms with E-state index >= 15 is 0 Å². The number of hydrogen-bond acceptors (Lipinski definition) is 4. The smallest absolute Gasteiger partial charge is 0.270 e. The maximum Gasteiger partial charge on any atom is 0.270 e. The summed E-state index contributed by atoms with van der Waals surface area (Å²) in [6, 6.07) is 6.86. The highest BCUT2D eigenvalue weighted by Crippen LogP contribution is 2.16. The molecule has 19 heavy (non-hydrogen) atoms. The molecule has 1 atom stereocenters. The van der Waals surface area contributed by atoms with Crippen LogP contribution in [0.4, 0.5) is 0 Å². The van der Waals surface area contributed by atoms with Gasteiger partial charge in [-0.15, -0.1) is 11.3 Å². The summed E-state index contributed by atoms with van der Waals surface area (Å²) in [5, 5.41) is 15.7. The molecule has 0 aliphatic heterocycles. The molecule has 0 radical (unpaired) electrons. The minimum atomic E-state index is -0.763. The predicted molar refractivity (Wildman–Crippen MR) is 75.6 cm³/mol. The third-order valence-corrected chi connectivity index (χ3v) is 3.59. The lowest BCUT2D eigenvalue weighted by molar-refractivity contribution is 0.0912. The van der Waals surface area contributed by atoms with E-state index in [1.165, 1.54) is 11.3 Å². The van der Waals surface area contributed by atoms with Crippen LogP contribution in [0.3, 0.4) is 0 Å². The topological polar surface area (TPSA) is 62.2 Å². The molecule has 0 fully saturated rings. The molecule has 0 saturated carbocycles. The molecule has 2 rings (SSSR count). The average Bonchev–Trinajstić information content (AvgIpc) is 2.83.